The van der Waals surface area contributed by atoms with E-state index in [9.17, 15) is 5.11 Å². The zero-order valence-electron chi connectivity index (χ0n) is 10.1. The summed E-state index contributed by atoms with van der Waals surface area (Å²) in [7, 11) is 0. The van der Waals surface area contributed by atoms with Crippen molar-refractivity contribution in [1.29, 1.82) is 0 Å². The van der Waals surface area contributed by atoms with Crippen LogP contribution in [0, 0.1) is 11.3 Å². The Kier molecular flexibility index (Phi) is 4.43. The first-order valence-electron chi connectivity index (χ1n) is 6.17. The Hall–Kier alpha value is -0.0400. The Bertz CT molecular complexity index is 157. The lowest BCUT2D eigenvalue weighted by Gasteiger charge is -2.31. The van der Waals surface area contributed by atoms with Crippen LogP contribution in [-0.4, -0.2) is 11.2 Å². The first-order chi connectivity index (χ1) is 6.49. The molecule has 84 valence electrons. The van der Waals surface area contributed by atoms with E-state index in [0.717, 1.165) is 6.42 Å². The minimum absolute atomic E-state index is 0.0328. The number of hydrogen-bond donors (Lipinski definition) is 1. The van der Waals surface area contributed by atoms with Crippen molar-refractivity contribution < 1.29 is 5.11 Å². The second-order valence-electron chi connectivity index (χ2n) is 6.08. The van der Waals surface area contributed by atoms with E-state index in [2.05, 4.69) is 20.8 Å². The fourth-order valence-electron chi connectivity index (χ4n) is 2.57. The van der Waals surface area contributed by atoms with Gasteiger partial charge in [0.1, 0.15) is 0 Å². The van der Waals surface area contributed by atoms with Crippen molar-refractivity contribution in [2.45, 2.75) is 71.8 Å². The van der Waals surface area contributed by atoms with E-state index < -0.39 is 0 Å². The van der Waals surface area contributed by atoms with Gasteiger partial charge in [-0.3, -0.25) is 0 Å². The molecule has 1 nitrogen and oxygen atoms in total. The molecule has 0 saturated heterocycles. The number of hydrogen-bond acceptors (Lipinski definition) is 1. The molecule has 1 heteroatoms. The van der Waals surface area contributed by atoms with Crippen LogP contribution in [0.15, 0.2) is 0 Å². The summed E-state index contributed by atoms with van der Waals surface area (Å²) in [6.45, 7) is 6.83. The van der Waals surface area contributed by atoms with Crippen molar-refractivity contribution >= 4 is 0 Å². The second-order valence-corrected chi connectivity index (χ2v) is 6.08. The summed E-state index contributed by atoms with van der Waals surface area (Å²) in [5.74, 6) is 0.551. The third-order valence-corrected chi connectivity index (χ3v) is 3.24. The van der Waals surface area contributed by atoms with Crippen LogP contribution in [0.5, 0.6) is 0 Å². The molecule has 1 aliphatic rings. The molecule has 0 bridgehead atoms. The van der Waals surface area contributed by atoms with Crippen molar-refractivity contribution in [1.82, 2.24) is 0 Å². The van der Waals surface area contributed by atoms with Crippen LogP contribution >= 0.6 is 0 Å². The quantitative estimate of drug-likeness (QED) is 0.680. The molecule has 0 radical (unpaired) electrons. The van der Waals surface area contributed by atoms with Gasteiger partial charge in [-0.25, -0.2) is 0 Å². The summed E-state index contributed by atoms with van der Waals surface area (Å²) in [4.78, 5) is 0. The molecule has 14 heavy (non-hydrogen) atoms. The molecule has 1 rings (SSSR count). The summed E-state index contributed by atoms with van der Waals surface area (Å²) in [6.07, 6.45) is 8.63. The van der Waals surface area contributed by atoms with Gasteiger partial charge < -0.3 is 5.11 Å². The number of rotatable bonds is 1. The van der Waals surface area contributed by atoms with Crippen LogP contribution in [0.25, 0.3) is 0 Å². The standard InChI is InChI=1S/C13H26O/c1-13(2,3)10-11-8-6-4-5-7-9-12(11)14/h11-12,14H,4-10H2,1-3H3. The van der Waals surface area contributed by atoms with Crippen LogP contribution < -0.4 is 0 Å². The van der Waals surface area contributed by atoms with E-state index in [0.29, 0.717) is 11.3 Å². The van der Waals surface area contributed by atoms with Gasteiger partial charge >= 0.3 is 0 Å². The number of aliphatic hydroxyl groups is 1. The minimum atomic E-state index is -0.0328. The smallest absolute Gasteiger partial charge is 0.0568 e. The Morgan fingerprint density at radius 3 is 2.14 bits per heavy atom. The van der Waals surface area contributed by atoms with Crippen LogP contribution in [0.3, 0.4) is 0 Å². The summed E-state index contributed by atoms with van der Waals surface area (Å²) in [5, 5.41) is 10.0. The van der Waals surface area contributed by atoms with Crippen molar-refractivity contribution in [2.24, 2.45) is 11.3 Å². The molecule has 2 unspecified atom stereocenters. The molecule has 1 saturated carbocycles. The average Bonchev–Trinajstić information content (AvgIpc) is 2.03. The summed E-state index contributed by atoms with van der Waals surface area (Å²) in [6, 6.07) is 0. The molecule has 0 aromatic rings. The van der Waals surface area contributed by atoms with Gasteiger partial charge in [-0.2, -0.15) is 0 Å². The van der Waals surface area contributed by atoms with Crippen LogP contribution in [-0.2, 0) is 0 Å². The highest BCUT2D eigenvalue weighted by Crippen LogP contribution is 2.32. The second kappa shape index (κ2) is 5.16. The van der Waals surface area contributed by atoms with Gasteiger partial charge in [0, 0.05) is 0 Å². The molecule has 1 N–H and O–H groups in total. The third-order valence-electron chi connectivity index (χ3n) is 3.24. The molecule has 0 spiro atoms. The van der Waals surface area contributed by atoms with Gasteiger partial charge in [-0.15, -0.1) is 0 Å². The van der Waals surface area contributed by atoms with E-state index in [1.807, 2.05) is 0 Å². The minimum Gasteiger partial charge on any atom is -0.393 e. The highest BCUT2D eigenvalue weighted by molar-refractivity contribution is 4.76. The molecular weight excluding hydrogens is 172 g/mol. The Balaban J connectivity index is 2.45. The molecule has 0 aromatic heterocycles. The highest BCUT2D eigenvalue weighted by atomic mass is 16.3. The number of aliphatic hydroxyl groups excluding tert-OH is 1. The summed E-state index contributed by atoms with van der Waals surface area (Å²) in [5.41, 5.74) is 0.366. The molecule has 2 atom stereocenters. The first kappa shape index (κ1) is 12.0. The summed E-state index contributed by atoms with van der Waals surface area (Å²) >= 11 is 0. The van der Waals surface area contributed by atoms with Crippen molar-refractivity contribution in [3.05, 3.63) is 0 Å². The molecule has 0 aliphatic heterocycles. The maximum Gasteiger partial charge on any atom is 0.0568 e. The molecule has 1 fully saturated rings. The van der Waals surface area contributed by atoms with Gasteiger partial charge in [0.25, 0.3) is 0 Å². The van der Waals surface area contributed by atoms with Gasteiger partial charge in [0.15, 0.2) is 0 Å². The van der Waals surface area contributed by atoms with Crippen LogP contribution in [0.2, 0.25) is 0 Å². The highest BCUT2D eigenvalue weighted by Gasteiger charge is 2.25. The van der Waals surface area contributed by atoms with E-state index in [1.165, 1.54) is 38.5 Å². The van der Waals surface area contributed by atoms with Crippen molar-refractivity contribution in [2.75, 3.05) is 0 Å². The van der Waals surface area contributed by atoms with E-state index >= 15 is 0 Å². The zero-order valence-corrected chi connectivity index (χ0v) is 10.1. The lowest BCUT2D eigenvalue weighted by Crippen LogP contribution is -2.26. The van der Waals surface area contributed by atoms with Crippen molar-refractivity contribution in [3.8, 4) is 0 Å². The molecule has 0 heterocycles. The Morgan fingerprint density at radius 1 is 1.00 bits per heavy atom. The maximum atomic E-state index is 10.0. The molecule has 0 aromatic carbocycles. The SMILES string of the molecule is CC(C)(C)CC1CCCCCCC1O. The Morgan fingerprint density at radius 2 is 1.57 bits per heavy atom. The van der Waals surface area contributed by atoms with E-state index in [4.69, 9.17) is 0 Å². The molecule has 0 amide bonds. The Labute approximate surface area is 88.9 Å². The largest absolute Gasteiger partial charge is 0.393 e. The fraction of sp³-hybridized carbons (Fsp3) is 1.00. The van der Waals surface area contributed by atoms with Gasteiger partial charge in [-0.05, 0) is 30.6 Å². The normalized spacial score (nSPS) is 30.9. The first-order valence-corrected chi connectivity index (χ1v) is 6.17. The van der Waals surface area contributed by atoms with Gasteiger partial charge in [0.2, 0.25) is 0 Å². The predicted octanol–water partition coefficient (Wildman–Crippen LogP) is 3.75. The fourth-order valence-corrected chi connectivity index (χ4v) is 2.57. The maximum absolute atomic E-state index is 10.0. The van der Waals surface area contributed by atoms with Crippen LogP contribution in [0.4, 0.5) is 0 Å². The topological polar surface area (TPSA) is 20.2 Å². The van der Waals surface area contributed by atoms with Gasteiger partial charge in [0.05, 0.1) is 6.10 Å². The lowest BCUT2D eigenvalue weighted by atomic mass is 9.77. The zero-order chi connectivity index (χ0) is 10.6. The van der Waals surface area contributed by atoms with E-state index in [-0.39, 0.29) is 6.10 Å². The lowest BCUT2D eigenvalue weighted by molar-refractivity contribution is 0.0600. The molecular formula is C13H26O. The third kappa shape index (κ3) is 4.45. The monoisotopic (exact) mass is 198 g/mol. The predicted molar refractivity (Wildman–Crippen MR) is 61.3 cm³/mol. The van der Waals surface area contributed by atoms with Crippen LogP contribution in [0.1, 0.15) is 65.7 Å². The average molecular weight is 198 g/mol. The molecule has 1 aliphatic carbocycles. The van der Waals surface area contributed by atoms with E-state index in [1.54, 1.807) is 0 Å². The summed E-state index contributed by atoms with van der Waals surface area (Å²) < 4.78 is 0. The van der Waals surface area contributed by atoms with Crippen molar-refractivity contribution in [3.63, 3.8) is 0 Å². The van der Waals surface area contributed by atoms with Gasteiger partial charge in [-0.1, -0.05) is 46.5 Å².